The van der Waals surface area contributed by atoms with E-state index in [-0.39, 0.29) is 18.6 Å². The Morgan fingerprint density at radius 2 is 1.94 bits per heavy atom. The van der Waals surface area contributed by atoms with Crippen molar-refractivity contribution in [3.8, 4) is 17.2 Å². The van der Waals surface area contributed by atoms with E-state index in [1.807, 2.05) is 60.8 Å². The van der Waals surface area contributed by atoms with Crippen molar-refractivity contribution in [2.75, 3.05) is 25.2 Å². The first-order chi connectivity index (χ1) is 15.1. The molecule has 1 saturated heterocycles. The molecule has 0 unspecified atom stereocenters. The van der Waals surface area contributed by atoms with Crippen LogP contribution in [0.1, 0.15) is 36.0 Å². The van der Waals surface area contributed by atoms with E-state index in [4.69, 9.17) is 14.2 Å². The summed E-state index contributed by atoms with van der Waals surface area (Å²) in [6.07, 6.45) is 2.56. The second-order valence-corrected chi connectivity index (χ2v) is 9.70. The summed E-state index contributed by atoms with van der Waals surface area (Å²) in [6.45, 7) is 3.97. The zero-order valence-electron chi connectivity index (χ0n) is 18.0. The molecule has 8 heteroatoms. The van der Waals surface area contributed by atoms with Crippen molar-refractivity contribution in [3.63, 3.8) is 0 Å². The van der Waals surface area contributed by atoms with Gasteiger partial charge in [0, 0.05) is 11.5 Å². The van der Waals surface area contributed by atoms with Gasteiger partial charge in [-0.15, -0.1) is 23.5 Å². The largest absolute Gasteiger partial charge is 0.493 e. The molecule has 2 aromatic rings. The maximum Gasteiger partial charge on any atom is 0.277 e. The Balaban J connectivity index is 1.46. The average Bonchev–Trinajstić information content (AvgIpc) is 3.33. The number of carbonyl (C=O) groups is 1. The fraction of sp³-hybridized carbons (Fsp3) is 0.391. The van der Waals surface area contributed by atoms with Crippen LogP contribution in [-0.4, -0.2) is 43.4 Å². The smallest absolute Gasteiger partial charge is 0.277 e. The Morgan fingerprint density at radius 1 is 1.19 bits per heavy atom. The van der Waals surface area contributed by atoms with Crippen molar-refractivity contribution >= 4 is 35.6 Å². The van der Waals surface area contributed by atoms with Gasteiger partial charge in [0.1, 0.15) is 5.75 Å². The molecule has 6 nitrogen and oxygen atoms in total. The van der Waals surface area contributed by atoms with Crippen LogP contribution >= 0.6 is 23.5 Å². The number of amides is 1. The van der Waals surface area contributed by atoms with Gasteiger partial charge in [0.2, 0.25) is 0 Å². The van der Waals surface area contributed by atoms with E-state index >= 15 is 0 Å². The van der Waals surface area contributed by atoms with Gasteiger partial charge >= 0.3 is 0 Å². The summed E-state index contributed by atoms with van der Waals surface area (Å²) in [5, 5.41) is 4.00. The molecule has 2 aromatic carbocycles. The van der Waals surface area contributed by atoms with Crippen LogP contribution in [0.3, 0.4) is 0 Å². The molecule has 1 fully saturated rings. The highest BCUT2D eigenvalue weighted by Crippen LogP contribution is 2.45. The van der Waals surface area contributed by atoms with Gasteiger partial charge in [-0.3, -0.25) is 4.79 Å². The standard InChI is InChI=1S/C23H28N2O4S2/c1-4-16(2)29-20-10-5-17(13-21(20)27-3)14-24-25-22(26)15-28-19-8-6-18(7-9-19)23-30-11-12-31-23/h5-10,13-14,16,23H,4,11-12,15H2,1-3H3,(H,25,26)/b24-14-/t16-/m0/s1. The van der Waals surface area contributed by atoms with Crippen LogP contribution in [0.5, 0.6) is 17.2 Å². The van der Waals surface area contributed by atoms with E-state index in [9.17, 15) is 4.79 Å². The van der Waals surface area contributed by atoms with Crippen molar-refractivity contribution in [1.29, 1.82) is 0 Å². The minimum Gasteiger partial charge on any atom is -0.493 e. The number of thioether (sulfide) groups is 2. The molecule has 0 spiro atoms. The van der Waals surface area contributed by atoms with Gasteiger partial charge < -0.3 is 14.2 Å². The number of nitrogens with zero attached hydrogens (tertiary/aromatic N) is 1. The van der Waals surface area contributed by atoms with Crippen LogP contribution in [0.4, 0.5) is 0 Å². The highest BCUT2D eigenvalue weighted by atomic mass is 32.2. The van der Waals surface area contributed by atoms with E-state index in [1.165, 1.54) is 17.1 Å². The SMILES string of the molecule is CC[C@H](C)Oc1ccc(/C=N\NC(=O)COc2ccc(C3SCCS3)cc2)cc1OC. The van der Waals surface area contributed by atoms with Crippen LogP contribution in [-0.2, 0) is 4.79 Å². The third kappa shape index (κ3) is 7.11. The number of rotatable bonds is 10. The first kappa shape index (κ1) is 23.3. The first-order valence-corrected chi connectivity index (χ1v) is 12.3. The summed E-state index contributed by atoms with van der Waals surface area (Å²) in [7, 11) is 1.59. The van der Waals surface area contributed by atoms with E-state index in [0.717, 1.165) is 12.0 Å². The number of nitrogens with one attached hydrogen (secondary N) is 1. The highest BCUT2D eigenvalue weighted by molar-refractivity contribution is 8.19. The predicted octanol–water partition coefficient (Wildman–Crippen LogP) is 4.88. The lowest BCUT2D eigenvalue weighted by atomic mass is 10.2. The lowest BCUT2D eigenvalue weighted by molar-refractivity contribution is -0.123. The van der Waals surface area contributed by atoms with Gasteiger partial charge in [-0.1, -0.05) is 19.1 Å². The average molecular weight is 461 g/mol. The highest BCUT2D eigenvalue weighted by Gasteiger charge is 2.18. The molecule has 1 atom stereocenters. The van der Waals surface area contributed by atoms with Crippen molar-refractivity contribution in [3.05, 3.63) is 53.6 Å². The predicted molar refractivity (Wildman–Crippen MR) is 129 cm³/mol. The van der Waals surface area contributed by atoms with Gasteiger partial charge in [0.05, 0.1) is 24.0 Å². The molecule has 1 N–H and O–H groups in total. The van der Waals surface area contributed by atoms with Gasteiger partial charge in [0.15, 0.2) is 18.1 Å². The third-order valence-corrected chi connectivity index (χ3v) is 7.74. The van der Waals surface area contributed by atoms with Crippen LogP contribution in [0.25, 0.3) is 0 Å². The first-order valence-electron chi connectivity index (χ1n) is 10.2. The molecule has 0 aromatic heterocycles. The molecule has 0 saturated carbocycles. The molecular weight excluding hydrogens is 432 g/mol. The fourth-order valence-corrected chi connectivity index (χ4v) is 5.65. The van der Waals surface area contributed by atoms with Crippen LogP contribution in [0.2, 0.25) is 0 Å². The summed E-state index contributed by atoms with van der Waals surface area (Å²) in [5.74, 6) is 4.02. The molecular formula is C23H28N2O4S2. The van der Waals surface area contributed by atoms with Gasteiger partial charge in [-0.2, -0.15) is 5.10 Å². The number of hydrogen-bond donors (Lipinski definition) is 1. The zero-order valence-corrected chi connectivity index (χ0v) is 19.6. The Labute approximate surface area is 192 Å². The summed E-state index contributed by atoms with van der Waals surface area (Å²) >= 11 is 3.92. The van der Waals surface area contributed by atoms with Crippen LogP contribution < -0.4 is 19.6 Å². The molecule has 0 bridgehead atoms. The Hall–Kier alpha value is -2.32. The number of benzene rings is 2. The molecule has 3 rings (SSSR count). The Kier molecular flexibility index (Phi) is 8.97. The van der Waals surface area contributed by atoms with Gasteiger partial charge in [0.25, 0.3) is 5.91 Å². The summed E-state index contributed by atoms with van der Waals surface area (Å²) in [6, 6.07) is 13.4. The normalized spacial score (nSPS) is 15.1. The van der Waals surface area contributed by atoms with Gasteiger partial charge in [-0.25, -0.2) is 5.43 Å². The maximum atomic E-state index is 12.0. The number of methoxy groups -OCH3 is 1. The van der Waals surface area contributed by atoms with Crippen molar-refractivity contribution in [2.45, 2.75) is 31.0 Å². The monoisotopic (exact) mass is 460 g/mol. The minimum atomic E-state index is -0.328. The molecule has 31 heavy (non-hydrogen) atoms. The van der Waals surface area contributed by atoms with E-state index in [2.05, 4.69) is 29.6 Å². The van der Waals surface area contributed by atoms with Crippen molar-refractivity contribution in [1.82, 2.24) is 5.43 Å². The van der Waals surface area contributed by atoms with Crippen molar-refractivity contribution < 1.29 is 19.0 Å². The third-order valence-electron chi connectivity index (χ3n) is 4.64. The minimum absolute atomic E-state index is 0.101. The Morgan fingerprint density at radius 3 is 2.61 bits per heavy atom. The maximum absolute atomic E-state index is 12.0. The molecule has 0 radical (unpaired) electrons. The van der Waals surface area contributed by atoms with E-state index in [0.29, 0.717) is 21.8 Å². The van der Waals surface area contributed by atoms with E-state index < -0.39 is 0 Å². The number of ether oxygens (including phenoxy) is 3. The number of hydrogen-bond acceptors (Lipinski definition) is 7. The Bertz CT molecular complexity index is 884. The zero-order chi connectivity index (χ0) is 22.1. The lowest BCUT2D eigenvalue weighted by Crippen LogP contribution is -2.24. The second-order valence-electron chi connectivity index (χ2n) is 6.97. The topological polar surface area (TPSA) is 69.2 Å². The van der Waals surface area contributed by atoms with Crippen molar-refractivity contribution in [2.24, 2.45) is 5.10 Å². The van der Waals surface area contributed by atoms with Gasteiger partial charge in [-0.05, 0) is 54.8 Å². The molecule has 166 valence electrons. The molecule has 1 heterocycles. The summed E-state index contributed by atoms with van der Waals surface area (Å²) in [5.41, 5.74) is 4.55. The molecule has 1 aliphatic heterocycles. The van der Waals surface area contributed by atoms with E-state index in [1.54, 1.807) is 13.3 Å². The van der Waals surface area contributed by atoms with Crippen LogP contribution in [0, 0.1) is 0 Å². The van der Waals surface area contributed by atoms with Crippen LogP contribution in [0.15, 0.2) is 47.6 Å². The quantitative estimate of drug-likeness (QED) is 0.403. The molecule has 1 aliphatic rings. The lowest BCUT2D eigenvalue weighted by Gasteiger charge is -2.15. The fourth-order valence-electron chi connectivity index (χ4n) is 2.79. The number of hydrazone groups is 1. The summed E-state index contributed by atoms with van der Waals surface area (Å²) < 4.78 is 17.3. The second kappa shape index (κ2) is 11.9. The molecule has 1 amide bonds. The summed E-state index contributed by atoms with van der Waals surface area (Å²) in [4.78, 5) is 12.0. The number of carbonyl (C=O) groups excluding carboxylic acids is 1. The molecule has 0 aliphatic carbocycles.